The molecule has 0 aromatic carbocycles. The summed E-state index contributed by atoms with van der Waals surface area (Å²) in [4.78, 5) is 57.8. The molecule has 0 bridgehead atoms. The first-order chi connectivity index (χ1) is 15.0. The van der Waals surface area contributed by atoms with Gasteiger partial charge in [-0.2, -0.15) is 0 Å². The number of carboxylic acid groups (broad SMARTS) is 1. The Hall–Kier alpha value is -2.99. The number of hydrogen-bond acceptors (Lipinski definition) is 7. The molecule has 5 atom stereocenters. The second-order valence-electron chi connectivity index (χ2n) is 8.37. The van der Waals surface area contributed by atoms with E-state index in [4.69, 9.17) is 5.73 Å². The Balaban J connectivity index is 2.10. The van der Waals surface area contributed by atoms with Crippen molar-refractivity contribution in [2.45, 2.75) is 70.3 Å². The molecular formula is C20H32N6O6. The lowest BCUT2D eigenvalue weighted by atomic mass is 10.0. The number of aromatic nitrogens is 2. The number of aliphatic carboxylic acids is 1. The normalized spacial score (nSPS) is 19.8. The molecule has 1 aliphatic rings. The molecule has 1 aromatic heterocycles. The number of imidazole rings is 1. The molecule has 2 rings (SSSR count). The van der Waals surface area contributed by atoms with Gasteiger partial charge in [0.2, 0.25) is 17.7 Å². The lowest BCUT2D eigenvalue weighted by Gasteiger charge is -2.31. The fourth-order valence-electron chi connectivity index (χ4n) is 3.51. The zero-order chi connectivity index (χ0) is 24.0. The third-order valence-corrected chi connectivity index (χ3v) is 5.50. The van der Waals surface area contributed by atoms with Crippen LogP contribution in [0.4, 0.5) is 0 Å². The molecule has 178 valence electrons. The molecule has 0 radical (unpaired) electrons. The van der Waals surface area contributed by atoms with Gasteiger partial charge in [-0.3, -0.25) is 14.4 Å². The highest BCUT2D eigenvalue weighted by atomic mass is 16.4. The lowest BCUT2D eigenvalue weighted by Crippen LogP contribution is -2.60. The molecule has 12 nitrogen and oxygen atoms in total. The molecule has 1 fully saturated rings. The summed E-state index contributed by atoms with van der Waals surface area (Å²) in [5.41, 5.74) is 6.37. The smallest absolute Gasteiger partial charge is 0.326 e. The second-order valence-corrected chi connectivity index (χ2v) is 8.37. The minimum absolute atomic E-state index is 0.00118. The minimum atomic E-state index is -1.28. The van der Waals surface area contributed by atoms with Crippen LogP contribution in [0.15, 0.2) is 12.5 Å². The van der Waals surface area contributed by atoms with E-state index in [1.165, 1.54) is 24.3 Å². The summed E-state index contributed by atoms with van der Waals surface area (Å²) in [5, 5.41) is 24.5. The SMILES string of the molecule is CC(C)C(N)C(=O)NC(C(=O)N1CCCC1C(=O)NC(Cc1cnc[nH]1)C(=O)O)C(C)O. The predicted molar refractivity (Wildman–Crippen MR) is 113 cm³/mol. The van der Waals surface area contributed by atoms with E-state index in [1.54, 1.807) is 13.8 Å². The summed E-state index contributed by atoms with van der Waals surface area (Å²) in [6.07, 6.45) is 2.51. The van der Waals surface area contributed by atoms with Crippen molar-refractivity contribution >= 4 is 23.7 Å². The van der Waals surface area contributed by atoms with Crippen LogP contribution in [0.2, 0.25) is 0 Å². The van der Waals surface area contributed by atoms with Crippen molar-refractivity contribution in [2.75, 3.05) is 6.54 Å². The number of carbonyl (C=O) groups is 4. The number of carbonyl (C=O) groups excluding carboxylic acids is 3. The van der Waals surface area contributed by atoms with E-state index in [9.17, 15) is 29.4 Å². The van der Waals surface area contributed by atoms with Gasteiger partial charge in [-0.15, -0.1) is 0 Å². The summed E-state index contributed by atoms with van der Waals surface area (Å²) in [6, 6.07) is -4.26. The highest BCUT2D eigenvalue weighted by Gasteiger charge is 2.40. The zero-order valence-corrected chi connectivity index (χ0v) is 18.4. The second kappa shape index (κ2) is 11.0. The Morgan fingerprint density at radius 1 is 1.28 bits per heavy atom. The fraction of sp³-hybridized carbons (Fsp3) is 0.650. The molecule has 1 saturated heterocycles. The van der Waals surface area contributed by atoms with Gasteiger partial charge in [-0.05, 0) is 25.7 Å². The number of nitrogens with two attached hydrogens (primary N) is 1. The first-order valence-electron chi connectivity index (χ1n) is 10.6. The number of aliphatic hydroxyl groups is 1. The van der Waals surface area contributed by atoms with Crippen LogP contribution < -0.4 is 16.4 Å². The number of aliphatic hydroxyl groups excluding tert-OH is 1. The van der Waals surface area contributed by atoms with Gasteiger partial charge < -0.3 is 36.5 Å². The highest BCUT2D eigenvalue weighted by Crippen LogP contribution is 2.20. The van der Waals surface area contributed by atoms with Crippen molar-refractivity contribution < 1.29 is 29.4 Å². The summed E-state index contributed by atoms with van der Waals surface area (Å²) < 4.78 is 0. The molecule has 32 heavy (non-hydrogen) atoms. The van der Waals surface area contributed by atoms with Gasteiger partial charge in [-0.1, -0.05) is 13.8 Å². The van der Waals surface area contributed by atoms with E-state index in [2.05, 4.69) is 20.6 Å². The molecule has 7 N–H and O–H groups in total. The average Bonchev–Trinajstić information content (AvgIpc) is 3.41. The quantitative estimate of drug-likeness (QED) is 0.243. The van der Waals surface area contributed by atoms with Gasteiger partial charge in [0.1, 0.15) is 18.1 Å². The van der Waals surface area contributed by atoms with Crippen LogP contribution in [0.3, 0.4) is 0 Å². The number of amides is 3. The molecule has 2 heterocycles. The highest BCUT2D eigenvalue weighted by molar-refractivity contribution is 5.94. The van der Waals surface area contributed by atoms with Crippen molar-refractivity contribution in [3.05, 3.63) is 18.2 Å². The van der Waals surface area contributed by atoms with Crippen LogP contribution in [-0.2, 0) is 25.6 Å². The number of nitrogens with one attached hydrogen (secondary N) is 3. The van der Waals surface area contributed by atoms with Gasteiger partial charge in [0.05, 0.1) is 18.5 Å². The van der Waals surface area contributed by atoms with E-state index < -0.39 is 54.0 Å². The first kappa shape index (κ1) is 25.3. The minimum Gasteiger partial charge on any atom is -0.480 e. The molecule has 1 aliphatic heterocycles. The Bertz CT molecular complexity index is 812. The zero-order valence-electron chi connectivity index (χ0n) is 18.4. The number of rotatable bonds is 10. The van der Waals surface area contributed by atoms with E-state index in [0.717, 1.165) is 0 Å². The topological polar surface area (TPSA) is 191 Å². The molecule has 3 amide bonds. The van der Waals surface area contributed by atoms with Crippen LogP contribution in [0, 0.1) is 5.92 Å². The van der Waals surface area contributed by atoms with Crippen molar-refractivity contribution in [1.82, 2.24) is 25.5 Å². The largest absolute Gasteiger partial charge is 0.480 e. The summed E-state index contributed by atoms with van der Waals surface area (Å²) in [7, 11) is 0. The van der Waals surface area contributed by atoms with Crippen molar-refractivity contribution in [3.8, 4) is 0 Å². The monoisotopic (exact) mass is 452 g/mol. The lowest BCUT2D eigenvalue weighted by molar-refractivity contribution is -0.146. The molecule has 12 heteroatoms. The van der Waals surface area contributed by atoms with E-state index in [-0.39, 0.29) is 18.9 Å². The predicted octanol–water partition coefficient (Wildman–Crippen LogP) is -1.64. The average molecular weight is 453 g/mol. The molecular weight excluding hydrogens is 420 g/mol. The Kier molecular flexibility index (Phi) is 8.72. The van der Waals surface area contributed by atoms with Crippen LogP contribution in [0.25, 0.3) is 0 Å². The number of H-pyrrole nitrogens is 1. The van der Waals surface area contributed by atoms with Gasteiger partial charge in [0, 0.05) is 24.9 Å². The molecule has 5 unspecified atom stereocenters. The molecule has 0 saturated carbocycles. The van der Waals surface area contributed by atoms with Gasteiger partial charge in [0.25, 0.3) is 0 Å². The number of aromatic amines is 1. The summed E-state index contributed by atoms with van der Waals surface area (Å²) >= 11 is 0. The maximum absolute atomic E-state index is 13.1. The maximum Gasteiger partial charge on any atom is 0.326 e. The first-order valence-corrected chi connectivity index (χ1v) is 10.6. The van der Waals surface area contributed by atoms with Crippen LogP contribution in [0.5, 0.6) is 0 Å². The van der Waals surface area contributed by atoms with E-state index in [1.807, 2.05) is 0 Å². The van der Waals surface area contributed by atoms with Crippen LogP contribution in [-0.4, -0.2) is 85.6 Å². The fourth-order valence-corrected chi connectivity index (χ4v) is 3.51. The molecule has 1 aromatic rings. The van der Waals surface area contributed by atoms with Crippen LogP contribution >= 0.6 is 0 Å². The number of carboxylic acids is 1. The third-order valence-electron chi connectivity index (χ3n) is 5.50. The third kappa shape index (κ3) is 6.26. The van der Waals surface area contributed by atoms with Crippen molar-refractivity contribution in [2.24, 2.45) is 11.7 Å². The number of nitrogens with zero attached hydrogens (tertiary/aromatic N) is 2. The van der Waals surface area contributed by atoms with E-state index >= 15 is 0 Å². The molecule has 0 spiro atoms. The van der Waals surface area contributed by atoms with Gasteiger partial charge >= 0.3 is 5.97 Å². The number of likely N-dealkylation sites (tertiary alicyclic amines) is 1. The Labute approximate surface area is 185 Å². The van der Waals surface area contributed by atoms with Crippen molar-refractivity contribution in [3.63, 3.8) is 0 Å². The van der Waals surface area contributed by atoms with E-state index in [0.29, 0.717) is 18.5 Å². The van der Waals surface area contributed by atoms with Gasteiger partial charge in [-0.25, -0.2) is 9.78 Å². The maximum atomic E-state index is 13.1. The Morgan fingerprint density at radius 2 is 1.97 bits per heavy atom. The summed E-state index contributed by atoms with van der Waals surface area (Å²) in [5.74, 6) is -3.21. The number of hydrogen-bond donors (Lipinski definition) is 6. The molecule has 0 aliphatic carbocycles. The summed E-state index contributed by atoms with van der Waals surface area (Å²) in [6.45, 7) is 5.11. The Morgan fingerprint density at radius 3 is 2.50 bits per heavy atom. The van der Waals surface area contributed by atoms with Gasteiger partial charge in [0.15, 0.2) is 0 Å². The van der Waals surface area contributed by atoms with Crippen molar-refractivity contribution in [1.29, 1.82) is 0 Å². The standard InChI is InChI=1S/C20H32N6O6/c1-10(2)15(21)18(29)25-16(11(3)27)19(30)26-6-4-5-14(26)17(28)24-13(20(31)32)7-12-8-22-9-23-12/h8-11,13-16,27H,4-7,21H2,1-3H3,(H,22,23)(H,24,28)(H,25,29)(H,31,32). The van der Waals surface area contributed by atoms with Crippen LogP contribution in [0.1, 0.15) is 39.3 Å².